The maximum Gasteiger partial charge on any atom is 0.511 e. The monoisotopic (exact) mass is 564 g/mol. The molecule has 0 unspecified atom stereocenters. The van der Waals surface area contributed by atoms with Gasteiger partial charge in [-0.3, -0.25) is 4.99 Å². The topological polar surface area (TPSA) is 108 Å². The molecule has 0 aromatic rings. The molecule has 0 spiro atoms. The van der Waals surface area contributed by atoms with Crippen LogP contribution in [0.15, 0.2) is 4.99 Å². The van der Waals surface area contributed by atoms with Gasteiger partial charge in [-0.05, 0) is 33.6 Å². The van der Waals surface area contributed by atoms with Crippen molar-refractivity contribution in [3.05, 3.63) is 0 Å². The fourth-order valence-electron chi connectivity index (χ4n) is 2.29. The molecule has 1 rings (SSSR count). The maximum atomic E-state index is 12.6. The van der Waals surface area contributed by atoms with Crippen LogP contribution in [0.4, 0.5) is 13.2 Å². The lowest BCUT2D eigenvalue weighted by molar-refractivity contribution is -0.0494. The predicted molar refractivity (Wildman–Crippen MR) is 113 cm³/mol. The number of hydrogen-bond donors (Lipinski definition) is 2. The number of piperidine rings is 1. The van der Waals surface area contributed by atoms with Gasteiger partial charge in [-0.1, -0.05) is 0 Å². The van der Waals surface area contributed by atoms with Gasteiger partial charge >= 0.3 is 15.5 Å². The normalized spacial score (nSPS) is 18.5. The lowest BCUT2D eigenvalue weighted by Crippen LogP contribution is -2.52. The van der Waals surface area contributed by atoms with Crippen LogP contribution < -0.4 is 10.6 Å². The van der Waals surface area contributed by atoms with Crippen molar-refractivity contribution in [2.45, 2.75) is 49.9 Å². The molecular weight excluding hydrogens is 536 g/mol. The van der Waals surface area contributed by atoms with E-state index in [1.165, 1.54) is 0 Å². The Morgan fingerprint density at radius 3 is 2.04 bits per heavy atom. The first kappa shape index (κ1) is 27.6. The summed E-state index contributed by atoms with van der Waals surface area (Å²) in [7, 11) is -8.64. The summed E-state index contributed by atoms with van der Waals surface area (Å²) in [4.78, 5) is 4.26. The molecule has 1 heterocycles. The van der Waals surface area contributed by atoms with E-state index in [1.807, 2.05) is 6.92 Å². The molecule has 0 saturated carbocycles. The number of alkyl halides is 3. The molecule has 0 amide bonds. The second kappa shape index (κ2) is 10.1. The highest BCUT2D eigenvalue weighted by molar-refractivity contribution is 14.0. The SMILES string of the molecule is CCNC(=NCC(C)(C)S(C)(=O)=O)NC1CCN(S(=O)(=O)C(F)(F)F)CC1.I. The minimum absolute atomic E-state index is 0. The van der Waals surface area contributed by atoms with Gasteiger partial charge in [0.05, 0.1) is 11.3 Å². The summed E-state index contributed by atoms with van der Waals surface area (Å²) in [6.45, 7) is 4.92. The van der Waals surface area contributed by atoms with E-state index in [1.54, 1.807) is 13.8 Å². The first-order valence-corrected chi connectivity index (χ1v) is 11.8. The highest BCUT2D eigenvalue weighted by atomic mass is 127. The molecule has 168 valence electrons. The number of sulfonamides is 1. The van der Waals surface area contributed by atoms with Crippen LogP contribution in [0.2, 0.25) is 0 Å². The largest absolute Gasteiger partial charge is 0.511 e. The molecule has 0 bridgehead atoms. The van der Waals surface area contributed by atoms with Crippen molar-refractivity contribution >= 4 is 49.8 Å². The van der Waals surface area contributed by atoms with Crippen LogP contribution in [-0.4, -0.2) is 75.8 Å². The summed E-state index contributed by atoms with van der Waals surface area (Å²) in [6.07, 6.45) is 1.48. The minimum Gasteiger partial charge on any atom is -0.357 e. The van der Waals surface area contributed by atoms with E-state index in [-0.39, 0.29) is 62.5 Å². The van der Waals surface area contributed by atoms with Crippen molar-refractivity contribution in [2.24, 2.45) is 4.99 Å². The number of nitrogens with one attached hydrogen (secondary N) is 2. The van der Waals surface area contributed by atoms with Crippen molar-refractivity contribution in [1.82, 2.24) is 14.9 Å². The zero-order valence-electron chi connectivity index (χ0n) is 16.2. The number of hydrogen-bond acceptors (Lipinski definition) is 5. The molecule has 0 aromatic carbocycles. The van der Waals surface area contributed by atoms with Gasteiger partial charge in [0, 0.05) is 31.9 Å². The summed E-state index contributed by atoms with van der Waals surface area (Å²) in [5, 5.41) is 5.98. The van der Waals surface area contributed by atoms with Gasteiger partial charge in [-0.25, -0.2) is 16.8 Å². The highest BCUT2D eigenvalue weighted by Crippen LogP contribution is 2.28. The Morgan fingerprint density at radius 2 is 1.64 bits per heavy atom. The van der Waals surface area contributed by atoms with Crippen LogP contribution in [0.1, 0.15) is 33.6 Å². The van der Waals surface area contributed by atoms with Crippen molar-refractivity contribution < 1.29 is 30.0 Å². The van der Waals surface area contributed by atoms with E-state index in [4.69, 9.17) is 0 Å². The third kappa shape index (κ3) is 7.16. The number of guanidine groups is 1. The van der Waals surface area contributed by atoms with E-state index in [0.29, 0.717) is 16.8 Å². The van der Waals surface area contributed by atoms with E-state index < -0.39 is 30.1 Å². The van der Waals surface area contributed by atoms with Gasteiger partial charge in [0.15, 0.2) is 15.8 Å². The number of nitrogens with zero attached hydrogens (tertiary/aromatic N) is 2. The van der Waals surface area contributed by atoms with E-state index in [2.05, 4.69) is 15.6 Å². The van der Waals surface area contributed by atoms with Crippen LogP contribution in [-0.2, 0) is 19.9 Å². The van der Waals surface area contributed by atoms with Crippen molar-refractivity contribution in [3.8, 4) is 0 Å². The second-order valence-electron chi connectivity index (χ2n) is 7.00. The number of sulfone groups is 1. The number of aliphatic imine (C=N–C) groups is 1. The summed E-state index contributed by atoms with van der Waals surface area (Å²) < 4.78 is 83.6. The fraction of sp³-hybridized carbons (Fsp3) is 0.929. The first-order chi connectivity index (χ1) is 12.1. The van der Waals surface area contributed by atoms with Crippen LogP contribution in [0.25, 0.3) is 0 Å². The zero-order chi connectivity index (χ0) is 21.1. The Morgan fingerprint density at radius 1 is 1.14 bits per heavy atom. The average Bonchev–Trinajstić information content (AvgIpc) is 2.51. The average molecular weight is 564 g/mol. The Kier molecular flexibility index (Phi) is 9.98. The van der Waals surface area contributed by atoms with Gasteiger partial charge in [0.25, 0.3) is 0 Å². The third-order valence-corrected chi connectivity index (χ3v) is 8.16. The maximum absolute atomic E-state index is 12.6. The lowest BCUT2D eigenvalue weighted by Gasteiger charge is -2.32. The van der Waals surface area contributed by atoms with Gasteiger partial charge < -0.3 is 10.6 Å². The van der Waals surface area contributed by atoms with Crippen molar-refractivity contribution in [2.75, 3.05) is 32.4 Å². The molecular formula is C14H28F3IN4O4S2. The highest BCUT2D eigenvalue weighted by Gasteiger charge is 2.50. The standard InChI is InChI=1S/C14H27F3N4O4S2.HI/c1-5-18-12(19-10-13(2,3)26(4,22)23)20-11-6-8-21(9-7-11)27(24,25)14(15,16)17;/h11H,5-10H2,1-4H3,(H2,18,19,20);1H. The van der Waals surface area contributed by atoms with Crippen LogP contribution >= 0.6 is 24.0 Å². The van der Waals surface area contributed by atoms with Crippen molar-refractivity contribution in [3.63, 3.8) is 0 Å². The van der Waals surface area contributed by atoms with E-state index in [9.17, 15) is 30.0 Å². The number of halogens is 4. The molecule has 28 heavy (non-hydrogen) atoms. The Hall–Kier alpha value is -0.350. The summed E-state index contributed by atoms with van der Waals surface area (Å²) in [5.74, 6) is 0.339. The summed E-state index contributed by atoms with van der Waals surface area (Å²) >= 11 is 0. The first-order valence-electron chi connectivity index (χ1n) is 8.42. The smallest absolute Gasteiger partial charge is 0.357 e. The molecule has 8 nitrogen and oxygen atoms in total. The fourth-order valence-corrected chi connectivity index (χ4v) is 3.57. The van der Waals surface area contributed by atoms with Crippen molar-refractivity contribution in [1.29, 1.82) is 0 Å². The molecule has 14 heteroatoms. The van der Waals surface area contributed by atoms with Crippen LogP contribution in [0, 0.1) is 0 Å². The van der Waals surface area contributed by atoms with Gasteiger partial charge in [0.2, 0.25) is 0 Å². The summed E-state index contributed by atoms with van der Waals surface area (Å²) in [6, 6.07) is -0.274. The molecule has 0 radical (unpaired) electrons. The molecule has 1 fully saturated rings. The molecule has 1 saturated heterocycles. The molecule has 0 aromatic heterocycles. The molecule has 0 aliphatic carbocycles. The Labute approximate surface area is 181 Å². The third-order valence-electron chi connectivity index (χ3n) is 4.39. The van der Waals surface area contributed by atoms with E-state index in [0.717, 1.165) is 6.26 Å². The number of rotatable bonds is 6. The Bertz CT molecular complexity index is 747. The van der Waals surface area contributed by atoms with Gasteiger partial charge in [-0.2, -0.15) is 17.5 Å². The van der Waals surface area contributed by atoms with Crippen LogP contribution in [0.5, 0.6) is 0 Å². The molecule has 1 aliphatic heterocycles. The minimum atomic E-state index is -5.31. The predicted octanol–water partition coefficient (Wildman–Crippen LogP) is 1.30. The molecule has 2 N–H and O–H groups in total. The molecule has 0 atom stereocenters. The van der Waals surface area contributed by atoms with Crippen LogP contribution in [0.3, 0.4) is 0 Å². The second-order valence-corrected chi connectivity index (χ2v) is 11.6. The quantitative estimate of drug-likeness (QED) is 0.286. The van der Waals surface area contributed by atoms with Gasteiger partial charge in [-0.15, -0.1) is 24.0 Å². The zero-order valence-corrected chi connectivity index (χ0v) is 20.2. The summed E-state index contributed by atoms with van der Waals surface area (Å²) in [5.41, 5.74) is -5.30. The Balaban J connectivity index is 0.00000729. The molecule has 1 aliphatic rings. The van der Waals surface area contributed by atoms with Gasteiger partial charge in [0.1, 0.15) is 0 Å². The van der Waals surface area contributed by atoms with E-state index >= 15 is 0 Å². The lowest BCUT2D eigenvalue weighted by atomic mass is 10.1.